The van der Waals surface area contributed by atoms with Crippen molar-refractivity contribution in [3.05, 3.63) is 71.3 Å². The van der Waals surface area contributed by atoms with Gasteiger partial charge in [0.2, 0.25) is 0 Å². The number of benzene rings is 2. The lowest BCUT2D eigenvalue weighted by Gasteiger charge is -2.15. The van der Waals surface area contributed by atoms with Crippen LogP contribution in [0.15, 0.2) is 54.6 Å². The molecule has 0 aromatic heterocycles. The highest BCUT2D eigenvalue weighted by molar-refractivity contribution is 6.09. The second-order valence-electron chi connectivity index (χ2n) is 4.85. The fourth-order valence-corrected chi connectivity index (χ4v) is 2.00. The Balaban J connectivity index is 2.31. The first-order valence-corrected chi connectivity index (χ1v) is 6.47. The minimum Gasteiger partial charge on any atom is -0.393 e. The van der Waals surface area contributed by atoms with Gasteiger partial charge < -0.3 is 5.11 Å². The van der Waals surface area contributed by atoms with Crippen molar-refractivity contribution < 1.29 is 9.90 Å². The summed E-state index contributed by atoms with van der Waals surface area (Å²) in [7, 11) is 0. The average Bonchev–Trinajstić information content (AvgIpc) is 2.46. The van der Waals surface area contributed by atoms with Crippen LogP contribution in [0.25, 0.3) is 0 Å². The molecule has 2 aromatic rings. The Morgan fingerprint density at radius 3 is 2.21 bits per heavy atom. The molecular formula is C17H18O2. The third-order valence-electron chi connectivity index (χ3n) is 3.43. The maximum Gasteiger partial charge on any atom is 0.193 e. The number of aliphatic hydroxyl groups is 1. The van der Waals surface area contributed by atoms with Gasteiger partial charge in [0.05, 0.1) is 6.10 Å². The van der Waals surface area contributed by atoms with Crippen molar-refractivity contribution >= 4 is 5.78 Å². The number of ketones is 1. The number of carbonyl (C=O) groups excluding carboxylic acids is 1. The Morgan fingerprint density at radius 1 is 0.947 bits per heavy atom. The normalized spacial score (nSPS) is 13.8. The molecule has 0 radical (unpaired) electrons. The maximum atomic E-state index is 12.3. The molecule has 0 amide bonds. The number of rotatable bonds is 4. The lowest BCUT2D eigenvalue weighted by Crippen LogP contribution is -2.12. The summed E-state index contributed by atoms with van der Waals surface area (Å²) in [6, 6.07) is 16.7. The molecule has 0 saturated carbocycles. The Bertz CT molecular complexity index is 558. The fourth-order valence-electron chi connectivity index (χ4n) is 2.00. The van der Waals surface area contributed by atoms with Crippen molar-refractivity contribution in [2.45, 2.75) is 25.9 Å². The molecule has 2 aromatic carbocycles. The third kappa shape index (κ3) is 3.09. The van der Waals surface area contributed by atoms with E-state index in [9.17, 15) is 9.90 Å². The van der Waals surface area contributed by atoms with E-state index < -0.39 is 6.10 Å². The van der Waals surface area contributed by atoms with Crippen molar-refractivity contribution in [2.24, 2.45) is 0 Å². The lowest BCUT2D eigenvalue weighted by atomic mass is 9.93. The summed E-state index contributed by atoms with van der Waals surface area (Å²) in [6.45, 7) is 3.72. The molecule has 0 saturated heterocycles. The number of aliphatic hydroxyl groups excluding tert-OH is 1. The molecule has 0 spiro atoms. The number of carbonyl (C=O) groups is 1. The molecule has 0 aliphatic heterocycles. The molecule has 1 N–H and O–H groups in total. The van der Waals surface area contributed by atoms with Crippen LogP contribution in [0.4, 0.5) is 0 Å². The molecule has 0 fully saturated rings. The Hall–Kier alpha value is -1.93. The van der Waals surface area contributed by atoms with Gasteiger partial charge in [0.1, 0.15) is 0 Å². The minimum absolute atomic E-state index is 0.0141. The highest BCUT2D eigenvalue weighted by atomic mass is 16.3. The van der Waals surface area contributed by atoms with Gasteiger partial charge in [-0.25, -0.2) is 0 Å². The van der Waals surface area contributed by atoms with Crippen LogP contribution in [0.3, 0.4) is 0 Å². The summed E-state index contributed by atoms with van der Waals surface area (Å²) in [5, 5.41) is 9.64. The van der Waals surface area contributed by atoms with E-state index in [1.165, 1.54) is 0 Å². The fraction of sp³-hybridized carbons (Fsp3) is 0.235. The molecule has 2 heteroatoms. The van der Waals surface area contributed by atoms with E-state index >= 15 is 0 Å². The van der Waals surface area contributed by atoms with E-state index in [4.69, 9.17) is 0 Å². The van der Waals surface area contributed by atoms with E-state index in [2.05, 4.69) is 0 Å². The molecule has 2 unspecified atom stereocenters. The summed E-state index contributed by atoms with van der Waals surface area (Å²) in [4.78, 5) is 12.3. The molecule has 0 aliphatic rings. The van der Waals surface area contributed by atoms with Crippen LogP contribution in [0.1, 0.15) is 41.3 Å². The highest BCUT2D eigenvalue weighted by Crippen LogP contribution is 2.21. The summed E-state index contributed by atoms with van der Waals surface area (Å²) in [5.41, 5.74) is 2.33. The zero-order valence-electron chi connectivity index (χ0n) is 11.2. The topological polar surface area (TPSA) is 37.3 Å². The van der Waals surface area contributed by atoms with Gasteiger partial charge in [0.25, 0.3) is 0 Å². The predicted octanol–water partition coefficient (Wildman–Crippen LogP) is 3.40. The molecular weight excluding hydrogens is 236 g/mol. The molecule has 2 rings (SSSR count). The van der Waals surface area contributed by atoms with Gasteiger partial charge >= 0.3 is 0 Å². The van der Waals surface area contributed by atoms with E-state index in [1.54, 1.807) is 6.92 Å². The van der Waals surface area contributed by atoms with Gasteiger partial charge in [-0.1, -0.05) is 55.5 Å². The SMILES string of the molecule is CC(O)C(C)c1cccc(C(=O)c2ccccc2)c1. The van der Waals surface area contributed by atoms with Gasteiger partial charge in [0, 0.05) is 17.0 Å². The van der Waals surface area contributed by atoms with E-state index in [0.29, 0.717) is 11.1 Å². The van der Waals surface area contributed by atoms with Crippen LogP contribution in [0, 0.1) is 0 Å². The molecule has 0 aliphatic carbocycles. The first-order valence-electron chi connectivity index (χ1n) is 6.47. The summed E-state index contributed by atoms with van der Waals surface area (Å²) in [5.74, 6) is 0.0313. The Labute approximate surface area is 113 Å². The lowest BCUT2D eigenvalue weighted by molar-refractivity contribution is 0.103. The van der Waals surface area contributed by atoms with Crippen LogP contribution >= 0.6 is 0 Å². The molecule has 19 heavy (non-hydrogen) atoms. The summed E-state index contributed by atoms with van der Waals surface area (Å²) in [6.07, 6.45) is -0.429. The standard InChI is InChI=1S/C17H18O2/c1-12(13(2)18)15-9-6-10-16(11-15)17(19)14-7-4-3-5-8-14/h3-13,18H,1-2H3. The van der Waals surface area contributed by atoms with Crippen LogP contribution < -0.4 is 0 Å². The van der Waals surface area contributed by atoms with Crippen molar-refractivity contribution in [3.8, 4) is 0 Å². The molecule has 0 bridgehead atoms. The average molecular weight is 254 g/mol. The van der Waals surface area contributed by atoms with Crippen molar-refractivity contribution in [3.63, 3.8) is 0 Å². The van der Waals surface area contributed by atoms with Gasteiger partial charge in [-0.15, -0.1) is 0 Å². The van der Waals surface area contributed by atoms with Crippen molar-refractivity contribution in [2.75, 3.05) is 0 Å². The van der Waals surface area contributed by atoms with Crippen molar-refractivity contribution in [1.82, 2.24) is 0 Å². The molecule has 2 nitrogen and oxygen atoms in total. The Kier molecular flexibility index (Phi) is 4.13. The largest absolute Gasteiger partial charge is 0.393 e. The van der Waals surface area contributed by atoms with Crippen LogP contribution in [0.2, 0.25) is 0 Å². The predicted molar refractivity (Wildman–Crippen MR) is 76.4 cm³/mol. The van der Waals surface area contributed by atoms with Gasteiger partial charge in [0.15, 0.2) is 5.78 Å². The molecule has 2 atom stereocenters. The smallest absolute Gasteiger partial charge is 0.193 e. The van der Waals surface area contributed by atoms with Gasteiger partial charge in [-0.2, -0.15) is 0 Å². The minimum atomic E-state index is -0.429. The first-order chi connectivity index (χ1) is 9.09. The Morgan fingerprint density at radius 2 is 1.58 bits per heavy atom. The number of hydrogen-bond acceptors (Lipinski definition) is 2. The van der Waals surface area contributed by atoms with Crippen LogP contribution in [0.5, 0.6) is 0 Å². The zero-order valence-corrected chi connectivity index (χ0v) is 11.2. The van der Waals surface area contributed by atoms with Crippen molar-refractivity contribution in [1.29, 1.82) is 0 Å². The van der Waals surface area contributed by atoms with E-state index in [0.717, 1.165) is 5.56 Å². The van der Waals surface area contributed by atoms with E-state index in [1.807, 2.05) is 61.5 Å². The van der Waals surface area contributed by atoms with Crippen LogP contribution in [-0.4, -0.2) is 17.0 Å². The zero-order chi connectivity index (χ0) is 13.8. The third-order valence-corrected chi connectivity index (χ3v) is 3.43. The quantitative estimate of drug-likeness (QED) is 0.849. The summed E-state index contributed by atoms with van der Waals surface area (Å²) >= 11 is 0. The highest BCUT2D eigenvalue weighted by Gasteiger charge is 2.14. The second kappa shape index (κ2) is 5.81. The molecule has 98 valence electrons. The van der Waals surface area contributed by atoms with Crippen LogP contribution in [-0.2, 0) is 0 Å². The molecule has 0 heterocycles. The van der Waals surface area contributed by atoms with E-state index in [-0.39, 0.29) is 11.7 Å². The number of hydrogen-bond donors (Lipinski definition) is 1. The first kappa shape index (κ1) is 13.5. The van der Waals surface area contributed by atoms with Gasteiger partial charge in [-0.3, -0.25) is 4.79 Å². The summed E-state index contributed by atoms with van der Waals surface area (Å²) < 4.78 is 0. The van der Waals surface area contributed by atoms with Gasteiger partial charge in [-0.05, 0) is 18.6 Å². The second-order valence-corrected chi connectivity index (χ2v) is 4.85. The monoisotopic (exact) mass is 254 g/mol. The maximum absolute atomic E-state index is 12.3.